The number of imide groups is 1. The first kappa shape index (κ1) is 9.99. The summed E-state index contributed by atoms with van der Waals surface area (Å²) in [7, 11) is 0. The highest BCUT2D eigenvalue weighted by atomic mass is 35.5. The standard InChI is InChI=1S/C9H9Cl2NO2/c10-6-7(11)9(14)12(8(6)13)5-3-1-2-4-5/h5H,1-4H2. The molecule has 0 bridgehead atoms. The van der Waals surface area contributed by atoms with Crippen molar-refractivity contribution in [1.82, 2.24) is 4.90 Å². The minimum absolute atomic E-state index is 0.000000000000000444. The average molecular weight is 234 g/mol. The zero-order valence-electron chi connectivity index (χ0n) is 7.43. The Morgan fingerprint density at radius 3 is 1.86 bits per heavy atom. The molecule has 14 heavy (non-hydrogen) atoms. The smallest absolute Gasteiger partial charge is 0.270 e. The van der Waals surface area contributed by atoms with Gasteiger partial charge in [0.15, 0.2) is 0 Å². The van der Waals surface area contributed by atoms with Crippen molar-refractivity contribution in [3.05, 3.63) is 10.1 Å². The third kappa shape index (κ3) is 1.35. The topological polar surface area (TPSA) is 37.4 Å². The van der Waals surface area contributed by atoms with Gasteiger partial charge in [0.1, 0.15) is 10.1 Å². The van der Waals surface area contributed by atoms with E-state index in [4.69, 9.17) is 23.2 Å². The summed E-state index contributed by atoms with van der Waals surface area (Å²) < 4.78 is 0. The molecule has 3 nitrogen and oxygen atoms in total. The van der Waals surface area contributed by atoms with Gasteiger partial charge in [-0.15, -0.1) is 0 Å². The molecule has 76 valence electrons. The molecule has 1 heterocycles. The second-order valence-electron chi connectivity index (χ2n) is 3.55. The Morgan fingerprint density at radius 1 is 1.00 bits per heavy atom. The maximum Gasteiger partial charge on any atom is 0.274 e. The Morgan fingerprint density at radius 2 is 1.43 bits per heavy atom. The first-order valence-corrected chi connectivity index (χ1v) is 5.31. The Hall–Kier alpha value is -0.540. The highest BCUT2D eigenvalue weighted by molar-refractivity contribution is 6.58. The quantitative estimate of drug-likeness (QED) is 0.650. The van der Waals surface area contributed by atoms with E-state index in [-0.39, 0.29) is 16.1 Å². The number of hydrogen-bond acceptors (Lipinski definition) is 2. The molecule has 0 radical (unpaired) electrons. The monoisotopic (exact) mass is 233 g/mol. The van der Waals surface area contributed by atoms with E-state index in [1.807, 2.05) is 0 Å². The number of nitrogens with zero attached hydrogens (tertiary/aromatic N) is 1. The molecule has 0 aromatic heterocycles. The number of halogens is 2. The van der Waals surface area contributed by atoms with E-state index in [2.05, 4.69) is 0 Å². The molecule has 2 rings (SSSR count). The van der Waals surface area contributed by atoms with E-state index in [1.54, 1.807) is 0 Å². The third-order valence-electron chi connectivity index (χ3n) is 2.70. The number of carbonyl (C=O) groups excluding carboxylic acids is 2. The predicted octanol–water partition coefficient (Wildman–Crippen LogP) is 1.99. The molecule has 2 amide bonds. The van der Waals surface area contributed by atoms with Crippen molar-refractivity contribution in [3.63, 3.8) is 0 Å². The second-order valence-corrected chi connectivity index (χ2v) is 4.30. The molecular formula is C9H9Cl2NO2. The van der Waals surface area contributed by atoms with Crippen molar-refractivity contribution in [3.8, 4) is 0 Å². The first-order valence-electron chi connectivity index (χ1n) is 4.56. The highest BCUT2D eigenvalue weighted by Crippen LogP contribution is 2.33. The molecule has 0 aromatic carbocycles. The van der Waals surface area contributed by atoms with Gasteiger partial charge < -0.3 is 0 Å². The summed E-state index contributed by atoms with van der Waals surface area (Å²) in [6.45, 7) is 0. The summed E-state index contributed by atoms with van der Waals surface area (Å²) in [6.07, 6.45) is 3.84. The van der Waals surface area contributed by atoms with Crippen LogP contribution in [-0.2, 0) is 9.59 Å². The largest absolute Gasteiger partial charge is 0.274 e. The lowest BCUT2D eigenvalue weighted by atomic mass is 10.2. The van der Waals surface area contributed by atoms with Crippen molar-refractivity contribution in [2.24, 2.45) is 0 Å². The summed E-state index contributed by atoms with van der Waals surface area (Å²) in [5.41, 5.74) is 0. The van der Waals surface area contributed by atoms with Crippen LogP contribution in [0.5, 0.6) is 0 Å². The van der Waals surface area contributed by atoms with Gasteiger partial charge >= 0.3 is 0 Å². The lowest BCUT2D eigenvalue weighted by molar-refractivity contribution is -0.139. The Bertz CT molecular complexity index is 308. The van der Waals surface area contributed by atoms with Gasteiger partial charge in [0.25, 0.3) is 11.8 Å². The van der Waals surface area contributed by atoms with Crippen LogP contribution >= 0.6 is 23.2 Å². The zero-order valence-corrected chi connectivity index (χ0v) is 8.94. The molecule has 0 atom stereocenters. The van der Waals surface area contributed by atoms with Crippen LogP contribution in [0, 0.1) is 0 Å². The Kier molecular flexibility index (Phi) is 2.54. The van der Waals surface area contributed by atoms with Gasteiger partial charge in [0.05, 0.1) is 0 Å². The number of amides is 2. The van der Waals surface area contributed by atoms with Crippen molar-refractivity contribution < 1.29 is 9.59 Å². The van der Waals surface area contributed by atoms with Crippen molar-refractivity contribution >= 4 is 35.0 Å². The van der Waals surface area contributed by atoms with Crippen molar-refractivity contribution in [2.75, 3.05) is 0 Å². The molecule has 2 aliphatic rings. The number of hydrogen-bond donors (Lipinski definition) is 0. The first-order chi connectivity index (χ1) is 6.63. The SMILES string of the molecule is O=C1C(Cl)=C(Cl)C(=O)N1C1CCCC1. The van der Waals surface area contributed by atoms with Gasteiger partial charge in [-0.3, -0.25) is 14.5 Å². The molecule has 1 aliphatic heterocycles. The molecular weight excluding hydrogens is 225 g/mol. The minimum Gasteiger partial charge on any atom is -0.270 e. The molecule has 1 aliphatic carbocycles. The van der Waals surface area contributed by atoms with E-state index in [0.717, 1.165) is 25.7 Å². The zero-order chi connectivity index (χ0) is 10.3. The normalized spacial score (nSPS) is 24.3. The van der Waals surface area contributed by atoms with Crippen molar-refractivity contribution in [2.45, 2.75) is 31.7 Å². The lowest BCUT2D eigenvalue weighted by Gasteiger charge is -2.21. The van der Waals surface area contributed by atoms with E-state index < -0.39 is 11.8 Å². The maximum atomic E-state index is 11.5. The van der Waals surface area contributed by atoms with Crippen molar-refractivity contribution in [1.29, 1.82) is 0 Å². The fraction of sp³-hybridized carbons (Fsp3) is 0.556. The van der Waals surface area contributed by atoms with Crippen LogP contribution in [0.4, 0.5) is 0 Å². The van der Waals surface area contributed by atoms with Gasteiger partial charge in [-0.1, -0.05) is 36.0 Å². The number of carbonyl (C=O) groups is 2. The van der Waals surface area contributed by atoms with Gasteiger partial charge in [0.2, 0.25) is 0 Å². The Balaban J connectivity index is 2.24. The summed E-state index contributed by atoms with van der Waals surface area (Å²) in [4.78, 5) is 24.3. The van der Waals surface area contributed by atoms with E-state index in [1.165, 1.54) is 4.90 Å². The summed E-state index contributed by atoms with van der Waals surface area (Å²) in [5, 5.41) is -0.271. The van der Waals surface area contributed by atoms with Gasteiger partial charge in [0, 0.05) is 6.04 Å². The molecule has 0 unspecified atom stereocenters. The Labute approximate surface area is 91.6 Å². The summed E-state index contributed by atoms with van der Waals surface area (Å²) >= 11 is 11.2. The highest BCUT2D eigenvalue weighted by Gasteiger charge is 2.41. The molecule has 0 spiro atoms. The molecule has 0 N–H and O–H groups in total. The van der Waals surface area contributed by atoms with Gasteiger partial charge in [-0.2, -0.15) is 0 Å². The van der Waals surface area contributed by atoms with Crippen LogP contribution in [-0.4, -0.2) is 22.8 Å². The molecule has 1 fully saturated rings. The van der Waals surface area contributed by atoms with E-state index >= 15 is 0 Å². The van der Waals surface area contributed by atoms with E-state index in [0.29, 0.717) is 0 Å². The molecule has 0 saturated heterocycles. The summed E-state index contributed by atoms with van der Waals surface area (Å²) in [5.74, 6) is -0.873. The predicted molar refractivity (Wildman–Crippen MR) is 52.8 cm³/mol. The fourth-order valence-corrected chi connectivity index (χ4v) is 2.33. The van der Waals surface area contributed by atoms with Crippen LogP contribution in [0.15, 0.2) is 10.1 Å². The third-order valence-corrected chi connectivity index (χ3v) is 3.49. The van der Waals surface area contributed by atoms with Crippen LogP contribution < -0.4 is 0 Å². The summed E-state index contributed by atoms with van der Waals surface area (Å²) in [6, 6.07) is -0.000000000000000444. The van der Waals surface area contributed by atoms with Crippen LogP contribution in [0.25, 0.3) is 0 Å². The van der Waals surface area contributed by atoms with Crippen LogP contribution in [0.3, 0.4) is 0 Å². The second kappa shape index (κ2) is 3.55. The lowest BCUT2D eigenvalue weighted by Crippen LogP contribution is -2.39. The van der Waals surface area contributed by atoms with Crippen LogP contribution in [0.2, 0.25) is 0 Å². The maximum absolute atomic E-state index is 11.5. The van der Waals surface area contributed by atoms with Crippen LogP contribution in [0.1, 0.15) is 25.7 Å². The number of rotatable bonds is 1. The van der Waals surface area contributed by atoms with E-state index in [9.17, 15) is 9.59 Å². The minimum atomic E-state index is -0.437. The molecule has 0 aromatic rings. The fourth-order valence-electron chi connectivity index (χ4n) is 1.99. The average Bonchev–Trinajstić information content (AvgIpc) is 2.73. The molecule has 1 saturated carbocycles. The van der Waals surface area contributed by atoms with Gasteiger partial charge in [-0.25, -0.2) is 0 Å². The molecule has 5 heteroatoms. The van der Waals surface area contributed by atoms with Gasteiger partial charge in [-0.05, 0) is 12.8 Å².